The van der Waals surface area contributed by atoms with E-state index < -0.39 is 10.7 Å². The molecule has 150 valence electrons. The Morgan fingerprint density at radius 3 is 2.48 bits per heavy atom. The molecule has 1 aliphatic heterocycles. The number of piperidine rings is 1. The van der Waals surface area contributed by atoms with Crippen LogP contribution in [0.1, 0.15) is 30.4 Å². The first kappa shape index (κ1) is 18.7. The van der Waals surface area contributed by atoms with E-state index in [1.54, 1.807) is 7.05 Å². The number of hydrogen-bond donors (Lipinski definition) is 0. The van der Waals surface area contributed by atoms with Crippen LogP contribution in [0.4, 0.5) is 17.3 Å². The molecule has 2 aromatic heterocycles. The second-order valence-corrected chi connectivity index (χ2v) is 6.80. The molecule has 0 atom stereocenters. The molecule has 3 heterocycles. The van der Waals surface area contributed by atoms with Crippen LogP contribution in [0, 0.1) is 10.1 Å². The van der Waals surface area contributed by atoms with Crippen molar-refractivity contribution >= 4 is 23.5 Å². The summed E-state index contributed by atoms with van der Waals surface area (Å²) in [5, 5.41) is 14.8. The Kier molecular flexibility index (Phi) is 4.98. The van der Waals surface area contributed by atoms with Gasteiger partial charge >= 0.3 is 11.6 Å². The molecule has 1 fully saturated rings. The van der Waals surface area contributed by atoms with Gasteiger partial charge in [0.15, 0.2) is 5.76 Å². The minimum atomic E-state index is -0.586. The average molecular weight is 397 g/mol. The maximum atomic E-state index is 11.5. The van der Waals surface area contributed by atoms with E-state index in [4.69, 9.17) is 8.83 Å². The Bertz CT molecular complexity index is 1090. The summed E-state index contributed by atoms with van der Waals surface area (Å²) in [6.07, 6.45) is 3.17. The second-order valence-electron chi connectivity index (χ2n) is 6.80. The van der Waals surface area contributed by atoms with E-state index in [-0.39, 0.29) is 11.8 Å². The first-order chi connectivity index (χ1) is 14.0. The fourth-order valence-electron chi connectivity index (χ4n) is 3.31. The maximum absolute atomic E-state index is 11.5. The predicted molar refractivity (Wildman–Crippen MR) is 105 cm³/mol. The van der Waals surface area contributed by atoms with E-state index in [1.807, 2.05) is 24.3 Å². The van der Waals surface area contributed by atoms with Crippen molar-refractivity contribution in [1.29, 1.82) is 0 Å². The number of benzene rings is 1. The lowest BCUT2D eigenvalue weighted by atomic mass is 9.96. The highest BCUT2D eigenvalue weighted by atomic mass is 16.6. The van der Waals surface area contributed by atoms with Gasteiger partial charge in [-0.3, -0.25) is 15.1 Å². The highest BCUT2D eigenvalue weighted by Gasteiger charge is 2.25. The summed E-state index contributed by atoms with van der Waals surface area (Å²) in [6.45, 7) is 1.67. The molecule has 0 N–H and O–H groups in total. The molecule has 0 radical (unpaired) electrons. The Morgan fingerprint density at radius 1 is 1.17 bits per heavy atom. The van der Waals surface area contributed by atoms with Crippen LogP contribution in [0.3, 0.4) is 0 Å². The fourth-order valence-corrected chi connectivity index (χ4v) is 3.31. The molecule has 4 rings (SSSR count). The van der Waals surface area contributed by atoms with E-state index in [0.29, 0.717) is 11.7 Å². The summed E-state index contributed by atoms with van der Waals surface area (Å²) in [6, 6.07) is 10.5. The Morgan fingerprint density at radius 2 is 1.90 bits per heavy atom. The molecule has 0 unspecified atom stereocenters. The van der Waals surface area contributed by atoms with Crippen LogP contribution < -0.4 is 10.7 Å². The normalized spacial score (nSPS) is 15.3. The van der Waals surface area contributed by atoms with Gasteiger partial charge < -0.3 is 13.7 Å². The van der Waals surface area contributed by atoms with Crippen LogP contribution in [-0.2, 0) is 7.05 Å². The van der Waals surface area contributed by atoms with Gasteiger partial charge in [-0.1, -0.05) is 0 Å². The molecule has 0 aliphatic carbocycles. The Balaban J connectivity index is 1.36. The van der Waals surface area contributed by atoms with Crippen molar-refractivity contribution in [2.24, 2.45) is 12.0 Å². The van der Waals surface area contributed by atoms with Crippen molar-refractivity contribution in [2.45, 2.75) is 18.8 Å². The number of hydrogen-bond acceptors (Lipinski definition) is 8. The molecule has 1 saturated heterocycles. The Labute approximate surface area is 165 Å². The largest absolute Gasteiger partial charge is 0.436 e. The van der Waals surface area contributed by atoms with Gasteiger partial charge in [0.05, 0.1) is 18.0 Å². The van der Waals surface area contributed by atoms with Crippen LogP contribution in [-0.4, -0.2) is 34.0 Å². The lowest BCUT2D eigenvalue weighted by molar-refractivity contribution is -0.402. The molecule has 0 bridgehead atoms. The topological polar surface area (TPSA) is 120 Å². The standard InChI is InChI=1S/C19H19N5O5/c1-22-19(25)29-18(21-22)13-8-10-23(11-9-13)15-4-2-14(3-5-15)20-12-16-6-7-17(28-16)24(26)27/h2-7,12-13H,8-11H2,1H3. The molecule has 10 heteroatoms. The molecule has 0 saturated carbocycles. The average Bonchev–Trinajstić information content (AvgIpc) is 3.34. The van der Waals surface area contributed by atoms with E-state index in [2.05, 4.69) is 15.0 Å². The lowest BCUT2D eigenvalue weighted by Crippen LogP contribution is -2.32. The van der Waals surface area contributed by atoms with Crippen molar-refractivity contribution in [3.8, 4) is 0 Å². The van der Waals surface area contributed by atoms with Crippen molar-refractivity contribution < 1.29 is 13.8 Å². The SMILES string of the molecule is Cn1nc(C2CCN(c3ccc(N=Cc4ccc([N+](=O)[O-])o4)cc3)CC2)oc1=O. The molecule has 0 amide bonds. The number of rotatable bonds is 5. The highest BCUT2D eigenvalue weighted by Crippen LogP contribution is 2.30. The van der Waals surface area contributed by atoms with E-state index in [0.717, 1.165) is 37.3 Å². The van der Waals surface area contributed by atoms with Crippen molar-refractivity contribution in [3.63, 3.8) is 0 Å². The van der Waals surface area contributed by atoms with Gasteiger partial charge in [0, 0.05) is 31.7 Å². The van der Waals surface area contributed by atoms with Gasteiger partial charge in [-0.25, -0.2) is 4.79 Å². The highest BCUT2D eigenvalue weighted by molar-refractivity contribution is 5.79. The van der Waals surface area contributed by atoms with Crippen molar-refractivity contribution in [3.05, 3.63) is 68.7 Å². The molecule has 3 aromatic rings. The summed E-state index contributed by atoms with van der Waals surface area (Å²) in [4.78, 5) is 28.0. The van der Waals surface area contributed by atoms with Crippen LogP contribution in [0.15, 0.2) is 55.0 Å². The predicted octanol–water partition coefficient (Wildman–Crippen LogP) is 3.01. The summed E-state index contributed by atoms with van der Waals surface area (Å²) in [5.74, 6) is 0.253. The second kappa shape index (κ2) is 7.74. The first-order valence-corrected chi connectivity index (χ1v) is 9.17. The van der Waals surface area contributed by atoms with Gasteiger partial charge in [0.25, 0.3) is 0 Å². The number of nitro groups is 1. The fraction of sp³-hybridized carbons (Fsp3) is 0.316. The molecular weight excluding hydrogens is 378 g/mol. The number of anilines is 1. The van der Waals surface area contributed by atoms with Gasteiger partial charge in [-0.15, -0.1) is 5.10 Å². The van der Waals surface area contributed by atoms with E-state index in [1.165, 1.54) is 23.0 Å². The minimum absolute atomic E-state index is 0.154. The number of aliphatic imine (C=N–C) groups is 1. The smallest absolute Gasteiger partial charge is 0.400 e. The zero-order chi connectivity index (χ0) is 20.4. The molecule has 10 nitrogen and oxygen atoms in total. The van der Waals surface area contributed by atoms with Gasteiger partial charge in [-0.05, 0) is 43.2 Å². The quantitative estimate of drug-likeness (QED) is 0.369. The summed E-state index contributed by atoms with van der Waals surface area (Å²) >= 11 is 0. The molecule has 0 spiro atoms. The van der Waals surface area contributed by atoms with Crippen LogP contribution in [0.25, 0.3) is 0 Å². The molecule has 1 aromatic carbocycles. The van der Waals surface area contributed by atoms with Crippen LogP contribution >= 0.6 is 0 Å². The number of aromatic nitrogens is 2. The third kappa shape index (κ3) is 4.10. The third-order valence-corrected chi connectivity index (χ3v) is 4.90. The zero-order valence-corrected chi connectivity index (χ0v) is 15.7. The zero-order valence-electron chi connectivity index (χ0n) is 15.7. The number of aryl methyl sites for hydroxylation is 1. The van der Waals surface area contributed by atoms with Gasteiger partial charge in [0.2, 0.25) is 5.89 Å². The van der Waals surface area contributed by atoms with E-state index >= 15 is 0 Å². The Hall–Kier alpha value is -3.69. The number of nitrogens with zero attached hydrogens (tertiary/aromatic N) is 5. The molecule has 1 aliphatic rings. The summed E-state index contributed by atoms with van der Waals surface area (Å²) in [5.41, 5.74) is 1.80. The number of furan rings is 1. The lowest BCUT2D eigenvalue weighted by Gasteiger charge is -2.32. The van der Waals surface area contributed by atoms with Crippen molar-refractivity contribution in [2.75, 3.05) is 18.0 Å². The monoisotopic (exact) mass is 397 g/mol. The third-order valence-electron chi connectivity index (χ3n) is 4.90. The first-order valence-electron chi connectivity index (χ1n) is 9.17. The maximum Gasteiger partial charge on any atom is 0.436 e. The van der Waals surface area contributed by atoms with Gasteiger partial charge in [-0.2, -0.15) is 4.68 Å². The van der Waals surface area contributed by atoms with Crippen LogP contribution in [0.5, 0.6) is 0 Å². The van der Waals surface area contributed by atoms with Crippen LogP contribution in [0.2, 0.25) is 0 Å². The van der Waals surface area contributed by atoms with Crippen molar-refractivity contribution in [1.82, 2.24) is 9.78 Å². The molecule has 29 heavy (non-hydrogen) atoms. The molecular formula is C19H19N5O5. The summed E-state index contributed by atoms with van der Waals surface area (Å²) < 4.78 is 11.5. The summed E-state index contributed by atoms with van der Waals surface area (Å²) in [7, 11) is 1.58. The van der Waals surface area contributed by atoms with E-state index in [9.17, 15) is 14.9 Å². The van der Waals surface area contributed by atoms with Gasteiger partial charge in [0.1, 0.15) is 4.92 Å². The minimum Gasteiger partial charge on any atom is -0.400 e.